The van der Waals surface area contributed by atoms with Crippen molar-refractivity contribution in [2.75, 3.05) is 5.73 Å². The second kappa shape index (κ2) is 4.44. The Labute approximate surface area is 115 Å². The van der Waals surface area contributed by atoms with Gasteiger partial charge in [0.2, 0.25) is 0 Å². The molecule has 0 fully saturated rings. The number of H-pyrrole nitrogens is 1. The number of rotatable bonds is 2. The van der Waals surface area contributed by atoms with E-state index in [4.69, 9.17) is 17.3 Å². The molecule has 2 aromatic carbocycles. The Balaban J connectivity index is 2.20. The Hall–Kier alpha value is -2.26. The number of para-hydroxylation sites is 1. The van der Waals surface area contributed by atoms with Gasteiger partial charge in [-0.3, -0.25) is 4.79 Å². The zero-order chi connectivity index (χ0) is 13.4. The Kier molecular flexibility index (Phi) is 2.76. The van der Waals surface area contributed by atoms with Gasteiger partial charge in [0.1, 0.15) is 0 Å². The first-order chi connectivity index (χ1) is 9.18. The van der Waals surface area contributed by atoms with E-state index < -0.39 is 0 Å². The number of halogens is 1. The molecule has 3 nitrogen and oxygen atoms in total. The SMILES string of the molecule is Nc1cccc(Cl)c1C(=O)c1c[nH]c2ccccc12. The van der Waals surface area contributed by atoms with Crippen LogP contribution < -0.4 is 5.73 Å². The number of hydrogen-bond acceptors (Lipinski definition) is 2. The predicted octanol–water partition coefficient (Wildman–Crippen LogP) is 3.63. The lowest BCUT2D eigenvalue weighted by atomic mass is 10.0. The molecule has 0 amide bonds. The lowest BCUT2D eigenvalue weighted by Crippen LogP contribution is -2.05. The highest BCUT2D eigenvalue weighted by Gasteiger charge is 2.18. The van der Waals surface area contributed by atoms with Crippen molar-refractivity contribution in [3.63, 3.8) is 0 Å². The molecule has 0 radical (unpaired) electrons. The van der Waals surface area contributed by atoms with Crippen molar-refractivity contribution in [3.8, 4) is 0 Å². The number of carbonyl (C=O) groups excluding carboxylic acids is 1. The summed E-state index contributed by atoms with van der Waals surface area (Å²) in [6.45, 7) is 0. The number of benzene rings is 2. The molecule has 0 aliphatic rings. The van der Waals surface area contributed by atoms with Gasteiger partial charge in [-0.15, -0.1) is 0 Å². The summed E-state index contributed by atoms with van der Waals surface area (Å²) < 4.78 is 0. The molecule has 1 aromatic heterocycles. The number of hydrogen-bond donors (Lipinski definition) is 2. The van der Waals surface area contributed by atoms with Crippen molar-refractivity contribution >= 4 is 34.0 Å². The van der Waals surface area contributed by atoms with Gasteiger partial charge in [0.05, 0.1) is 10.6 Å². The molecule has 19 heavy (non-hydrogen) atoms. The third-order valence-electron chi connectivity index (χ3n) is 3.11. The van der Waals surface area contributed by atoms with Crippen molar-refractivity contribution in [2.24, 2.45) is 0 Å². The van der Waals surface area contributed by atoms with Gasteiger partial charge in [0.15, 0.2) is 5.78 Å². The summed E-state index contributed by atoms with van der Waals surface area (Å²) in [5.74, 6) is -0.166. The number of nitrogens with two attached hydrogens (primary N) is 1. The minimum Gasteiger partial charge on any atom is -0.398 e. The number of anilines is 1. The fourth-order valence-corrected chi connectivity index (χ4v) is 2.44. The van der Waals surface area contributed by atoms with E-state index >= 15 is 0 Å². The van der Waals surface area contributed by atoms with Crippen LogP contribution >= 0.6 is 11.6 Å². The standard InChI is InChI=1S/C15H11ClN2O/c16-11-5-3-6-12(17)14(11)15(19)10-8-18-13-7-2-1-4-9(10)13/h1-8,18H,17H2. The number of aromatic amines is 1. The van der Waals surface area contributed by atoms with Gasteiger partial charge in [-0.25, -0.2) is 0 Å². The minimum atomic E-state index is -0.166. The van der Waals surface area contributed by atoms with E-state index in [0.29, 0.717) is 21.8 Å². The molecule has 0 atom stereocenters. The van der Waals surface area contributed by atoms with E-state index in [-0.39, 0.29) is 5.78 Å². The molecule has 3 rings (SSSR count). The van der Waals surface area contributed by atoms with Crippen LogP contribution in [-0.4, -0.2) is 10.8 Å². The highest BCUT2D eigenvalue weighted by molar-refractivity contribution is 6.36. The van der Waals surface area contributed by atoms with E-state index in [1.165, 1.54) is 0 Å². The van der Waals surface area contributed by atoms with Crippen LogP contribution in [0.15, 0.2) is 48.7 Å². The highest BCUT2D eigenvalue weighted by Crippen LogP contribution is 2.28. The summed E-state index contributed by atoms with van der Waals surface area (Å²) in [5, 5.41) is 1.24. The lowest BCUT2D eigenvalue weighted by Gasteiger charge is -2.06. The highest BCUT2D eigenvalue weighted by atomic mass is 35.5. The lowest BCUT2D eigenvalue weighted by molar-refractivity contribution is 0.104. The number of aromatic nitrogens is 1. The molecule has 0 spiro atoms. The molecule has 0 bridgehead atoms. The quantitative estimate of drug-likeness (QED) is 0.552. The second-order valence-electron chi connectivity index (χ2n) is 4.28. The maximum Gasteiger partial charge on any atom is 0.198 e. The topological polar surface area (TPSA) is 58.9 Å². The molecule has 94 valence electrons. The van der Waals surface area contributed by atoms with E-state index in [2.05, 4.69) is 4.98 Å². The molecule has 0 aliphatic heterocycles. The van der Waals surface area contributed by atoms with E-state index in [1.807, 2.05) is 24.3 Å². The largest absolute Gasteiger partial charge is 0.398 e. The molecule has 0 saturated heterocycles. The molecular formula is C15H11ClN2O. The van der Waals surface area contributed by atoms with Gasteiger partial charge in [-0.05, 0) is 18.2 Å². The maximum absolute atomic E-state index is 12.6. The molecule has 1 heterocycles. The summed E-state index contributed by atoms with van der Waals surface area (Å²) in [5.41, 5.74) is 8.10. The molecular weight excluding hydrogens is 260 g/mol. The Bertz CT molecular complexity index is 756. The number of carbonyl (C=O) groups is 1. The van der Waals surface area contributed by atoms with Gasteiger partial charge in [-0.2, -0.15) is 0 Å². The Morgan fingerprint density at radius 2 is 1.89 bits per heavy atom. The fraction of sp³-hybridized carbons (Fsp3) is 0. The fourth-order valence-electron chi connectivity index (χ4n) is 2.17. The Morgan fingerprint density at radius 1 is 1.11 bits per heavy atom. The first-order valence-corrected chi connectivity index (χ1v) is 6.21. The van der Waals surface area contributed by atoms with Gasteiger partial charge < -0.3 is 10.7 Å². The van der Waals surface area contributed by atoms with Crippen LogP contribution in [0.5, 0.6) is 0 Å². The van der Waals surface area contributed by atoms with E-state index in [0.717, 1.165) is 10.9 Å². The monoisotopic (exact) mass is 270 g/mol. The summed E-state index contributed by atoms with van der Waals surface area (Å²) in [6, 6.07) is 12.7. The van der Waals surface area contributed by atoms with Crippen molar-refractivity contribution in [1.29, 1.82) is 0 Å². The Morgan fingerprint density at radius 3 is 2.68 bits per heavy atom. The normalized spacial score (nSPS) is 10.8. The zero-order valence-electron chi connectivity index (χ0n) is 9.98. The minimum absolute atomic E-state index is 0.166. The predicted molar refractivity (Wildman–Crippen MR) is 77.6 cm³/mol. The van der Waals surface area contributed by atoms with Crippen LogP contribution in [0.2, 0.25) is 5.02 Å². The first-order valence-electron chi connectivity index (χ1n) is 5.83. The first kappa shape index (κ1) is 11.8. The van der Waals surface area contributed by atoms with Crippen LogP contribution in [0.1, 0.15) is 15.9 Å². The average molecular weight is 271 g/mol. The molecule has 0 unspecified atom stereocenters. The third kappa shape index (κ3) is 1.88. The van der Waals surface area contributed by atoms with Crippen LogP contribution in [0, 0.1) is 0 Å². The van der Waals surface area contributed by atoms with Gasteiger partial charge in [-0.1, -0.05) is 35.9 Å². The average Bonchev–Trinajstić information content (AvgIpc) is 2.82. The van der Waals surface area contributed by atoms with Crippen LogP contribution in [0.4, 0.5) is 5.69 Å². The third-order valence-corrected chi connectivity index (χ3v) is 3.42. The molecule has 3 aromatic rings. The van der Waals surface area contributed by atoms with Crippen molar-refractivity contribution < 1.29 is 4.79 Å². The number of nitrogen functional groups attached to an aromatic ring is 1. The van der Waals surface area contributed by atoms with Crippen molar-refractivity contribution in [1.82, 2.24) is 4.98 Å². The molecule has 3 N–H and O–H groups in total. The van der Waals surface area contributed by atoms with Crippen molar-refractivity contribution in [2.45, 2.75) is 0 Å². The van der Waals surface area contributed by atoms with Gasteiger partial charge in [0.25, 0.3) is 0 Å². The van der Waals surface area contributed by atoms with E-state index in [1.54, 1.807) is 24.4 Å². The van der Waals surface area contributed by atoms with Crippen LogP contribution in [0.3, 0.4) is 0 Å². The maximum atomic E-state index is 12.6. The number of fused-ring (bicyclic) bond motifs is 1. The zero-order valence-corrected chi connectivity index (χ0v) is 10.7. The van der Waals surface area contributed by atoms with E-state index in [9.17, 15) is 4.79 Å². The summed E-state index contributed by atoms with van der Waals surface area (Å²) in [7, 11) is 0. The van der Waals surface area contributed by atoms with Crippen LogP contribution in [-0.2, 0) is 0 Å². The molecule has 0 aliphatic carbocycles. The van der Waals surface area contributed by atoms with Gasteiger partial charge in [0, 0.05) is 28.4 Å². The summed E-state index contributed by atoms with van der Waals surface area (Å²) in [6.07, 6.45) is 1.69. The van der Waals surface area contributed by atoms with Crippen LogP contribution in [0.25, 0.3) is 10.9 Å². The summed E-state index contributed by atoms with van der Waals surface area (Å²) in [4.78, 5) is 15.7. The molecule has 4 heteroatoms. The summed E-state index contributed by atoms with van der Waals surface area (Å²) >= 11 is 6.08. The van der Waals surface area contributed by atoms with Crippen molar-refractivity contribution in [3.05, 3.63) is 64.8 Å². The smallest absolute Gasteiger partial charge is 0.198 e. The number of nitrogens with one attached hydrogen (secondary N) is 1. The second-order valence-corrected chi connectivity index (χ2v) is 4.69. The molecule has 0 saturated carbocycles. The van der Waals surface area contributed by atoms with Gasteiger partial charge >= 0.3 is 0 Å². The number of ketones is 1.